The van der Waals surface area contributed by atoms with E-state index in [9.17, 15) is 8.42 Å². The minimum atomic E-state index is -3.41. The Hall–Kier alpha value is -0.910. The average Bonchev–Trinajstić information content (AvgIpc) is 2.32. The van der Waals surface area contributed by atoms with Crippen molar-refractivity contribution in [3.8, 4) is 0 Å². The summed E-state index contributed by atoms with van der Waals surface area (Å²) in [5, 5.41) is 8.01. The summed E-state index contributed by atoms with van der Waals surface area (Å²) < 4.78 is 22.5. The lowest BCUT2D eigenvalue weighted by Crippen LogP contribution is -2.43. The van der Waals surface area contributed by atoms with Crippen LogP contribution in [0.15, 0.2) is 18.2 Å². The number of benzene rings is 1. The van der Waals surface area contributed by atoms with Gasteiger partial charge in [0.05, 0.1) is 5.25 Å². The molecule has 0 amide bonds. The van der Waals surface area contributed by atoms with Gasteiger partial charge in [0, 0.05) is 12.6 Å². The summed E-state index contributed by atoms with van der Waals surface area (Å²) in [4.78, 5) is 0. The Morgan fingerprint density at radius 1 is 1.22 bits per heavy atom. The van der Waals surface area contributed by atoms with E-state index in [1.54, 1.807) is 0 Å². The SMILES string of the molecule is Cc1ccc(C2CCC(S(N)(=O)=O)CN2)cc1C. The first-order chi connectivity index (χ1) is 8.38. The zero-order valence-corrected chi connectivity index (χ0v) is 11.6. The van der Waals surface area contributed by atoms with Crippen LogP contribution >= 0.6 is 0 Å². The molecule has 5 heteroatoms. The number of hydrogen-bond acceptors (Lipinski definition) is 3. The van der Waals surface area contributed by atoms with Crippen molar-refractivity contribution in [3.63, 3.8) is 0 Å². The van der Waals surface area contributed by atoms with Crippen molar-refractivity contribution in [2.45, 2.75) is 38.0 Å². The maximum Gasteiger partial charge on any atom is 0.213 e. The summed E-state index contributed by atoms with van der Waals surface area (Å²) in [5.74, 6) is 0. The van der Waals surface area contributed by atoms with Crippen LogP contribution in [0.1, 0.15) is 35.6 Å². The largest absolute Gasteiger partial charge is 0.309 e. The molecule has 1 aromatic rings. The molecule has 2 unspecified atom stereocenters. The fourth-order valence-electron chi connectivity index (χ4n) is 2.38. The zero-order valence-electron chi connectivity index (χ0n) is 10.8. The lowest BCUT2D eigenvalue weighted by Gasteiger charge is -2.29. The smallest absolute Gasteiger partial charge is 0.213 e. The number of aryl methyl sites for hydroxylation is 2. The standard InChI is InChI=1S/C13H20N2O2S/c1-9-3-4-11(7-10(9)2)13-6-5-12(8-15-13)18(14,16)17/h3-4,7,12-13,15H,5-6,8H2,1-2H3,(H2,14,16,17). The second-order valence-corrected chi connectivity index (χ2v) is 6.94. The molecule has 1 aliphatic rings. The third kappa shape index (κ3) is 2.91. The molecule has 0 radical (unpaired) electrons. The molecule has 2 rings (SSSR count). The highest BCUT2D eigenvalue weighted by Crippen LogP contribution is 2.26. The minimum absolute atomic E-state index is 0.238. The van der Waals surface area contributed by atoms with Crippen molar-refractivity contribution in [2.75, 3.05) is 6.54 Å². The summed E-state index contributed by atoms with van der Waals surface area (Å²) in [6.45, 7) is 4.62. The first kappa shape index (κ1) is 13.5. The molecule has 0 bridgehead atoms. The summed E-state index contributed by atoms with van der Waals surface area (Å²) in [7, 11) is -3.41. The van der Waals surface area contributed by atoms with Gasteiger partial charge in [0.2, 0.25) is 10.0 Å². The van der Waals surface area contributed by atoms with E-state index in [0.717, 1.165) is 6.42 Å². The van der Waals surface area contributed by atoms with Gasteiger partial charge in [-0.1, -0.05) is 18.2 Å². The van der Waals surface area contributed by atoms with Gasteiger partial charge >= 0.3 is 0 Å². The first-order valence-electron chi connectivity index (χ1n) is 6.20. The molecular weight excluding hydrogens is 248 g/mol. The molecule has 18 heavy (non-hydrogen) atoms. The normalized spacial score (nSPS) is 25.1. The van der Waals surface area contributed by atoms with E-state index in [4.69, 9.17) is 5.14 Å². The van der Waals surface area contributed by atoms with Gasteiger partial charge in [0.1, 0.15) is 0 Å². The summed E-state index contributed by atoms with van der Waals surface area (Å²) >= 11 is 0. The third-order valence-corrected chi connectivity index (χ3v) is 5.10. The van der Waals surface area contributed by atoms with Crippen LogP contribution in [0, 0.1) is 13.8 Å². The number of nitrogens with one attached hydrogen (secondary N) is 1. The number of sulfonamides is 1. The Morgan fingerprint density at radius 3 is 2.44 bits per heavy atom. The van der Waals surface area contributed by atoms with Gasteiger partial charge in [-0.3, -0.25) is 0 Å². The second kappa shape index (κ2) is 4.99. The predicted octanol–water partition coefficient (Wildman–Crippen LogP) is 1.39. The average molecular weight is 268 g/mol. The number of nitrogens with two attached hydrogens (primary N) is 1. The Kier molecular flexibility index (Phi) is 3.75. The summed E-state index contributed by atoms with van der Waals surface area (Å²) in [5.41, 5.74) is 3.77. The minimum Gasteiger partial charge on any atom is -0.309 e. The van der Waals surface area contributed by atoms with Crippen LogP contribution < -0.4 is 10.5 Å². The summed E-state index contributed by atoms with van der Waals surface area (Å²) in [6, 6.07) is 6.63. The van der Waals surface area contributed by atoms with Gasteiger partial charge in [0.25, 0.3) is 0 Å². The zero-order chi connectivity index (χ0) is 13.3. The molecule has 0 aromatic heterocycles. The monoisotopic (exact) mass is 268 g/mol. The van der Waals surface area contributed by atoms with Crippen LogP contribution in [0.4, 0.5) is 0 Å². The van der Waals surface area contributed by atoms with Gasteiger partial charge in [-0.05, 0) is 43.4 Å². The highest BCUT2D eigenvalue weighted by Gasteiger charge is 2.28. The van der Waals surface area contributed by atoms with E-state index >= 15 is 0 Å². The van der Waals surface area contributed by atoms with Crippen molar-refractivity contribution in [1.82, 2.24) is 5.32 Å². The molecule has 3 N–H and O–H groups in total. The van der Waals surface area contributed by atoms with E-state index in [2.05, 4.69) is 37.4 Å². The fourth-order valence-corrected chi connectivity index (χ4v) is 3.17. The van der Waals surface area contributed by atoms with Crippen LogP contribution in [0.2, 0.25) is 0 Å². The van der Waals surface area contributed by atoms with E-state index in [1.807, 2.05) is 0 Å². The quantitative estimate of drug-likeness (QED) is 0.851. The van der Waals surface area contributed by atoms with Crippen LogP contribution in [-0.2, 0) is 10.0 Å². The molecule has 2 atom stereocenters. The van der Waals surface area contributed by atoms with Crippen LogP contribution in [-0.4, -0.2) is 20.2 Å². The molecular formula is C13H20N2O2S. The number of hydrogen-bond donors (Lipinski definition) is 2. The third-order valence-electron chi connectivity index (χ3n) is 3.77. The molecule has 1 saturated heterocycles. The van der Waals surface area contributed by atoms with Crippen molar-refractivity contribution in [3.05, 3.63) is 34.9 Å². The van der Waals surface area contributed by atoms with Gasteiger partial charge < -0.3 is 5.32 Å². The molecule has 0 spiro atoms. The maximum atomic E-state index is 11.3. The maximum absolute atomic E-state index is 11.3. The fraction of sp³-hybridized carbons (Fsp3) is 0.538. The van der Waals surface area contributed by atoms with Crippen LogP contribution in [0.5, 0.6) is 0 Å². The Labute approximate surface area is 109 Å². The van der Waals surface area contributed by atoms with Crippen molar-refractivity contribution >= 4 is 10.0 Å². The molecule has 1 aliphatic heterocycles. The molecule has 0 saturated carbocycles. The molecule has 1 aromatic carbocycles. The van der Waals surface area contributed by atoms with Crippen LogP contribution in [0.25, 0.3) is 0 Å². The van der Waals surface area contributed by atoms with E-state index in [0.29, 0.717) is 13.0 Å². The molecule has 0 aliphatic carbocycles. The first-order valence-corrected chi connectivity index (χ1v) is 7.81. The number of primary sulfonamides is 1. The van der Waals surface area contributed by atoms with Crippen molar-refractivity contribution in [1.29, 1.82) is 0 Å². The Balaban J connectivity index is 2.08. The van der Waals surface area contributed by atoms with Gasteiger partial charge in [-0.15, -0.1) is 0 Å². The van der Waals surface area contributed by atoms with Crippen molar-refractivity contribution in [2.24, 2.45) is 5.14 Å². The topological polar surface area (TPSA) is 72.2 Å². The summed E-state index contributed by atoms with van der Waals surface area (Å²) in [6.07, 6.45) is 1.44. The van der Waals surface area contributed by atoms with Gasteiger partial charge in [0.15, 0.2) is 0 Å². The Morgan fingerprint density at radius 2 is 1.94 bits per heavy atom. The number of piperidine rings is 1. The van der Waals surface area contributed by atoms with Crippen LogP contribution in [0.3, 0.4) is 0 Å². The number of rotatable bonds is 2. The van der Waals surface area contributed by atoms with E-state index in [-0.39, 0.29) is 6.04 Å². The second-order valence-electron chi connectivity index (χ2n) is 5.09. The molecule has 1 fully saturated rings. The van der Waals surface area contributed by atoms with Crippen molar-refractivity contribution < 1.29 is 8.42 Å². The molecule has 4 nitrogen and oxygen atoms in total. The lowest BCUT2D eigenvalue weighted by atomic mass is 9.95. The molecule has 100 valence electrons. The molecule has 1 heterocycles. The highest BCUT2D eigenvalue weighted by molar-refractivity contribution is 7.89. The Bertz CT molecular complexity index is 532. The highest BCUT2D eigenvalue weighted by atomic mass is 32.2. The van der Waals surface area contributed by atoms with E-state index < -0.39 is 15.3 Å². The van der Waals surface area contributed by atoms with Gasteiger partial charge in [-0.25, -0.2) is 13.6 Å². The van der Waals surface area contributed by atoms with Gasteiger partial charge in [-0.2, -0.15) is 0 Å². The predicted molar refractivity (Wildman–Crippen MR) is 72.8 cm³/mol. The lowest BCUT2D eigenvalue weighted by molar-refractivity contribution is 0.408. The van der Waals surface area contributed by atoms with E-state index in [1.165, 1.54) is 16.7 Å².